The van der Waals surface area contributed by atoms with Crippen molar-refractivity contribution < 1.29 is 9.59 Å². The Kier molecular flexibility index (Phi) is 6.33. The van der Waals surface area contributed by atoms with Gasteiger partial charge in [0.05, 0.1) is 0 Å². The van der Waals surface area contributed by atoms with Crippen LogP contribution in [0.2, 0.25) is 0 Å². The number of anilines is 1. The van der Waals surface area contributed by atoms with Gasteiger partial charge < -0.3 is 5.32 Å². The van der Waals surface area contributed by atoms with E-state index in [0.29, 0.717) is 11.5 Å². The second-order valence-corrected chi connectivity index (χ2v) is 6.97. The van der Waals surface area contributed by atoms with E-state index in [2.05, 4.69) is 41.8 Å². The Morgan fingerprint density at radius 3 is 2.30 bits per heavy atom. The van der Waals surface area contributed by atoms with E-state index < -0.39 is 0 Å². The first-order valence-electron chi connectivity index (χ1n) is 7.65. The van der Waals surface area contributed by atoms with Gasteiger partial charge in [0.1, 0.15) is 0 Å². The SMILES string of the molecule is CC(C)c1ccccc1NC(=O)CCC(=O)c1ccc(I)cc1. The Morgan fingerprint density at radius 1 is 1.00 bits per heavy atom. The molecule has 0 fully saturated rings. The Bertz CT molecular complexity index is 693. The molecule has 0 saturated heterocycles. The standard InChI is InChI=1S/C19H20INO2/c1-13(2)16-5-3-4-6-17(16)21-19(23)12-11-18(22)14-7-9-15(20)10-8-14/h3-10,13H,11-12H2,1-2H3,(H,21,23). The molecule has 2 aromatic rings. The molecular weight excluding hydrogens is 401 g/mol. The molecule has 23 heavy (non-hydrogen) atoms. The van der Waals surface area contributed by atoms with Crippen molar-refractivity contribution in [1.82, 2.24) is 0 Å². The number of hydrogen-bond donors (Lipinski definition) is 1. The van der Waals surface area contributed by atoms with Gasteiger partial charge in [0, 0.05) is 27.7 Å². The van der Waals surface area contributed by atoms with Gasteiger partial charge >= 0.3 is 0 Å². The fourth-order valence-electron chi connectivity index (χ4n) is 2.33. The summed E-state index contributed by atoms with van der Waals surface area (Å²) < 4.78 is 1.09. The topological polar surface area (TPSA) is 46.2 Å². The number of ketones is 1. The molecule has 4 heteroatoms. The van der Waals surface area contributed by atoms with Crippen molar-refractivity contribution in [1.29, 1.82) is 0 Å². The first-order valence-corrected chi connectivity index (χ1v) is 8.73. The Morgan fingerprint density at radius 2 is 1.65 bits per heavy atom. The predicted octanol–water partition coefficient (Wildman–Crippen LogP) is 5.02. The van der Waals surface area contributed by atoms with Gasteiger partial charge in [0.15, 0.2) is 5.78 Å². The van der Waals surface area contributed by atoms with Crippen molar-refractivity contribution >= 4 is 40.0 Å². The number of hydrogen-bond acceptors (Lipinski definition) is 2. The highest BCUT2D eigenvalue weighted by molar-refractivity contribution is 14.1. The van der Waals surface area contributed by atoms with Crippen LogP contribution in [-0.4, -0.2) is 11.7 Å². The van der Waals surface area contributed by atoms with Crippen LogP contribution >= 0.6 is 22.6 Å². The van der Waals surface area contributed by atoms with Crippen LogP contribution in [0.4, 0.5) is 5.69 Å². The van der Waals surface area contributed by atoms with Gasteiger partial charge in [-0.1, -0.05) is 44.2 Å². The summed E-state index contributed by atoms with van der Waals surface area (Å²) >= 11 is 2.20. The Labute approximate surface area is 150 Å². The number of nitrogens with one attached hydrogen (secondary N) is 1. The van der Waals surface area contributed by atoms with Crippen LogP contribution in [0.25, 0.3) is 0 Å². The molecule has 0 heterocycles. The molecule has 0 atom stereocenters. The van der Waals surface area contributed by atoms with Gasteiger partial charge in [-0.3, -0.25) is 9.59 Å². The van der Waals surface area contributed by atoms with Gasteiger partial charge in [-0.05, 0) is 52.3 Å². The molecule has 3 nitrogen and oxygen atoms in total. The summed E-state index contributed by atoms with van der Waals surface area (Å²) in [4.78, 5) is 24.2. The van der Waals surface area contributed by atoms with Crippen LogP contribution in [0.15, 0.2) is 48.5 Å². The average Bonchev–Trinajstić information content (AvgIpc) is 2.53. The summed E-state index contributed by atoms with van der Waals surface area (Å²) in [6, 6.07) is 15.2. The van der Waals surface area contributed by atoms with Crippen molar-refractivity contribution in [3.8, 4) is 0 Å². The number of Topliss-reactive ketones (excluding diaryl/α,β-unsaturated/α-hetero) is 1. The van der Waals surface area contributed by atoms with Crippen LogP contribution in [0.1, 0.15) is 48.5 Å². The van der Waals surface area contributed by atoms with Gasteiger partial charge in [0.25, 0.3) is 0 Å². The number of rotatable bonds is 6. The smallest absolute Gasteiger partial charge is 0.224 e. The van der Waals surface area contributed by atoms with Crippen molar-refractivity contribution in [2.45, 2.75) is 32.6 Å². The average molecular weight is 421 g/mol. The first kappa shape index (κ1) is 17.7. The summed E-state index contributed by atoms with van der Waals surface area (Å²) in [6.45, 7) is 4.18. The van der Waals surface area contributed by atoms with E-state index in [0.717, 1.165) is 14.8 Å². The van der Waals surface area contributed by atoms with Gasteiger partial charge in [-0.15, -0.1) is 0 Å². The summed E-state index contributed by atoms with van der Waals surface area (Å²) in [5, 5.41) is 2.92. The second kappa shape index (κ2) is 8.24. The highest BCUT2D eigenvalue weighted by Gasteiger charge is 2.12. The lowest BCUT2D eigenvalue weighted by Gasteiger charge is -2.13. The van der Waals surface area contributed by atoms with Gasteiger partial charge in [-0.2, -0.15) is 0 Å². The fourth-order valence-corrected chi connectivity index (χ4v) is 2.69. The molecule has 0 bridgehead atoms. The second-order valence-electron chi connectivity index (χ2n) is 5.72. The Hall–Kier alpha value is -1.69. The minimum atomic E-state index is -0.128. The minimum Gasteiger partial charge on any atom is -0.326 e. The zero-order chi connectivity index (χ0) is 16.8. The molecule has 1 N–H and O–H groups in total. The van der Waals surface area contributed by atoms with Gasteiger partial charge in [-0.25, -0.2) is 0 Å². The number of halogens is 1. The number of carbonyl (C=O) groups is 2. The number of amides is 1. The normalized spacial score (nSPS) is 10.6. The molecule has 2 aromatic carbocycles. The minimum absolute atomic E-state index is 0.00584. The largest absolute Gasteiger partial charge is 0.326 e. The van der Waals surface area contributed by atoms with Crippen LogP contribution in [-0.2, 0) is 4.79 Å². The van der Waals surface area contributed by atoms with E-state index >= 15 is 0 Å². The zero-order valence-corrected chi connectivity index (χ0v) is 15.5. The van der Waals surface area contributed by atoms with Crippen molar-refractivity contribution in [2.75, 3.05) is 5.32 Å². The summed E-state index contributed by atoms with van der Waals surface area (Å²) in [5.41, 5.74) is 2.58. The highest BCUT2D eigenvalue weighted by Crippen LogP contribution is 2.23. The molecule has 1 amide bonds. The van der Waals surface area contributed by atoms with Gasteiger partial charge in [0.2, 0.25) is 5.91 Å². The van der Waals surface area contributed by atoms with E-state index in [1.165, 1.54) is 0 Å². The molecule has 0 saturated carbocycles. The Balaban J connectivity index is 1.93. The van der Waals surface area contributed by atoms with Crippen molar-refractivity contribution in [3.63, 3.8) is 0 Å². The van der Waals surface area contributed by atoms with Crippen LogP contribution < -0.4 is 5.32 Å². The lowest BCUT2D eigenvalue weighted by atomic mass is 10.0. The van der Waals surface area contributed by atoms with E-state index in [1.807, 2.05) is 36.4 Å². The van der Waals surface area contributed by atoms with Crippen LogP contribution in [0, 0.1) is 3.57 Å². The first-order chi connectivity index (χ1) is 11.0. The third kappa shape index (κ3) is 5.16. The number of benzene rings is 2. The monoisotopic (exact) mass is 421 g/mol. The molecular formula is C19H20INO2. The van der Waals surface area contributed by atoms with Crippen molar-refractivity contribution in [3.05, 3.63) is 63.2 Å². The zero-order valence-electron chi connectivity index (χ0n) is 13.3. The van der Waals surface area contributed by atoms with Crippen LogP contribution in [0.5, 0.6) is 0 Å². The highest BCUT2D eigenvalue weighted by atomic mass is 127. The molecule has 0 aliphatic carbocycles. The number of carbonyl (C=O) groups excluding carboxylic acids is 2. The maximum atomic E-state index is 12.1. The molecule has 0 radical (unpaired) electrons. The summed E-state index contributed by atoms with van der Waals surface area (Å²) in [7, 11) is 0. The molecule has 0 aliphatic heterocycles. The summed E-state index contributed by atoms with van der Waals surface area (Å²) in [6.07, 6.45) is 0.410. The lowest BCUT2D eigenvalue weighted by Crippen LogP contribution is -2.15. The molecule has 0 aromatic heterocycles. The number of para-hydroxylation sites is 1. The van der Waals surface area contributed by atoms with E-state index in [4.69, 9.17) is 0 Å². The third-order valence-corrected chi connectivity index (χ3v) is 4.32. The van der Waals surface area contributed by atoms with E-state index in [-0.39, 0.29) is 24.5 Å². The quantitative estimate of drug-likeness (QED) is 0.526. The maximum Gasteiger partial charge on any atom is 0.224 e. The molecule has 0 aliphatic rings. The molecule has 0 unspecified atom stereocenters. The molecule has 2 rings (SSSR count). The predicted molar refractivity (Wildman–Crippen MR) is 102 cm³/mol. The molecule has 0 spiro atoms. The van der Waals surface area contributed by atoms with Crippen molar-refractivity contribution in [2.24, 2.45) is 0 Å². The van der Waals surface area contributed by atoms with Crippen LogP contribution in [0.3, 0.4) is 0 Å². The summed E-state index contributed by atoms with van der Waals surface area (Å²) in [5.74, 6) is 0.200. The van der Waals surface area contributed by atoms with E-state index in [1.54, 1.807) is 12.1 Å². The molecule has 120 valence electrons. The third-order valence-electron chi connectivity index (χ3n) is 3.60. The fraction of sp³-hybridized carbons (Fsp3) is 0.263. The van der Waals surface area contributed by atoms with E-state index in [9.17, 15) is 9.59 Å². The lowest BCUT2D eigenvalue weighted by molar-refractivity contribution is -0.116. The maximum absolute atomic E-state index is 12.1.